The van der Waals surface area contributed by atoms with Crippen molar-refractivity contribution in [1.29, 1.82) is 0 Å². The van der Waals surface area contributed by atoms with Crippen molar-refractivity contribution in [3.63, 3.8) is 0 Å². The van der Waals surface area contributed by atoms with Crippen LogP contribution in [0.2, 0.25) is 0 Å². The van der Waals surface area contributed by atoms with Gasteiger partial charge < -0.3 is 10.1 Å². The maximum absolute atomic E-state index is 11.8. The normalized spacial score (nSPS) is 21.7. The minimum Gasteiger partial charge on any atom is -0.465 e. The largest absolute Gasteiger partial charge is 0.465 e. The number of rotatable bonds is 5. The van der Waals surface area contributed by atoms with E-state index in [0.29, 0.717) is 25.5 Å². The Morgan fingerprint density at radius 2 is 2.10 bits per heavy atom. The van der Waals surface area contributed by atoms with Crippen LogP contribution in [-0.4, -0.2) is 25.0 Å². The standard InChI is InChI=1S/C16H20BrNO3/c1-2-21-16(20)14-9-12(10-18-15(14)19)4-3-11-5-7-13(17)8-6-11/h5-8,12,14H,2-4,9-10H2,1H3,(H,18,19)/t12-,14?/m0/s1. The molecule has 1 aromatic carbocycles. The lowest BCUT2D eigenvalue weighted by Crippen LogP contribution is -2.45. The molecule has 0 aliphatic carbocycles. The highest BCUT2D eigenvalue weighted by molar-refractivity contribution is 9.10. The van der Waals surface area contributed by atoms with Gasteiger partial charge in [0.1, 0.15) is 5.92 Å². The van der Waals surface area contributed by atoms with Crippen molar-refractivity contribution in [2.24, 2.45) is 11.8 Å². The third-order valence-corrected chi connectivity index (χ3v) is 4.30. The van der Waals surface area contributed by atoms with Crippen molar-refractivity contribution in [3.05, 3.63) is 34.3 Å². The van der Waals surface area contributed by atoms with Gasteiger partial charge in [-0.1, -0.05) is 28.1 Å². The molecular formula is C16H20BrNO3. The summed E-state index contributed by atoms with van der Waals surface area (Å²) in [6.07, 6.45) is 2.49. The summed E-state index contributed by atoms with van der Waals surface area (Å²) in [5.74, 6) is -0.925. The first-order valence-electron chi connectivity index (χ1n) is 7.29. The maximum atomic E-state index is 11.8. The van der Waals surface area contributed by atoms with E-state index in [1.807, 2.05) is 12.1 Å². The molecule has 1 fully saturated rings. The predicted molar refractivity (Wildman–Crippen MR) is 83.7 cm³/mol. The molecule has 2 rings (SSSR count). The summed E-state index contributed by atoms with van der Waals surface area (Å²) in [4.78, 5) is 23.5. The molecule has 0 bridgehead atoms. The minimum absolute atomic E-state index is 0.201. The van der Waals surface area contributed by atoms with Crippen LogP contribution in [0.5, 0.6) is 0 Å². The molecule has 1 aliphatic rings. The van der Waals surface area contributed by atoms with Gasteiger partial charge in [0.2, 0.25) is 5.91 Å². The third kappa shape index (κ3) is 4.56. The number of carbonyl (C=O) groups excluding carboxylic acids is 2. The molecule has 1 N–H and O–H groups in total. The highest BCUT2D eigenvalue weighted by Gasteiger charge is 2.34. The number of aryl methyl sites for hydroxylation is 1. The smallest absolute Gasteiger partial charge is 0.318 e. The minimum atomic E-state index is -0.645. The van der Waals surface area contributed by atoms with E-state index in [2.05, 4.69) is 33.4 Å². The molecule has 1 aliphatic heterocycles. The zero-order valence-corrected chi connectivity index (χ0v) is 13.7. The van der Waals surface area contributed by atoms with E-state index in [-0.39, 0.29) is 5.91 Å². The molecule has 4 nitrogen and oxygen atoms in total. The van der Waals surface area contributed by atoms with Crippen molar-refractivity contribution >= 4 is 27.8 Å². The van der Waals surface area contributed by atoms with Gasteiger partial charge in [-0.2, -0.15) is 0 Å². The van der Waals surface area contributed by atoms with Crippen molar-refractivity contribution < 1.29 is 14.3 Å². The molecule has 1 amide bonds. The average molecular weight is 354 g/mol. The molecule has 2 atom stereocenters. The van der Waals surface area contributed by atoms with Crippen LogP contribution in [0.1, 0.15) is 25.3 Å². The Morgan fingerprint density at radius 3 is 2.76 bits per heavy atom. The lowest BCUT2D eigenvalue weighted by Gasteiger charge is -2.27. The van der Waals surface area contributed by atoms with Crippen LogP contribution in [0, 0.1) is 11.8 Å². The average Bonchev–Trinajstić information content (AvgIpc) is 2.48. The molecule has 1 saturated heterocycles. The third-order valence-electron chi connectivity index (χ3n) is 3.78. The van der Waals surface area contributed by atoms with Crippen LogP contribution >= 0.6 is 15.9 Å². The molecular weight excluding hydrogens is 334 g/mol. The van der Waals surface area contributed by atoms with Crippen molar-refractivity contribution in [1.82, 2.24) is 5.32 Å². The Hall–Kier alpha value is -1.36. The highest BCUT2D eigenvalue weighted by Crippen LogP contribution is 2.23. The SMILES string of the molecule is CCOC(=O)C1C[C@H](CCc2ccc(Br)cc2)CNC1=O. The summed E-state index contributed by atoms with van der Waals surface area (Å²) in [6, 6.07) is 8.24. The molecule has 0 radical (unpaired) electrons. The zero-order valence-electron chi connectivity index (χ0n) is 12.1. The quantitative estimate of drug-likeness (QED) is 0.653. The molecule has 0 aromatic heterocycles. The van der Waals surface area contributed by atoms with Crippen LogP contribution in [0.25, 0.3) is 0 Å². The number of hydrogen-bond acceptors (Lipinski definition) is 3. The van der Waals surface area contributed by atoms with Gasteiger partial charge in [-0.15, -0.1) is 0 Å². The second kappa shape index (κ2) is 7.59. The van der Waals surface area contributed by atoms with E-state index in [4.69, 9.17) is 4.74 Å². The van der Waals surface area contributed by atoms with Crippen molar-refractivity contribution in [2.45, 2.75) is 26.2 Å². The van der Waals surface area contributed by atoms with Crippen molar-refractivity contribution in [3.8, 4) is 0 Å². The van der Waals surface area contributed by atoms with Crippen LogP contribution in [0.4, 0.5) is 0 Å². The van der Waals surface area contributed by atoms with Gasteiger partial charge >= 0.3 is 5.97 Å². The van der Waals surface area contributed by atoms with Crippen LogP contribution in [-0.2, 0) is 20.7 Å². The number of esters is 1. The van der Waals surface area contributed by atoms with Gasteiger partial charge in [-0.05, 0) is 49.8 Å². The number of nitrogens with one attached hydrogen (secondary N) is 1. The Balaban J connectivity index is 1.87. The second-order valence-electron chi connectivity index (χ2n) is 5.32. The fraction of sp³-hybridized carbons (Fsp3) is 0.500. The summed E-state index contributed by atoms with van der Waals surface area (Å²) in [5.41, 5.74) is 1.27. The topological polar surface area (TPSA) is 55.4 Å². The Morgan fingerprint density at radius 1 is 1.38 bits per heavy atom. The van der Waals surface area contributed by atoms with Gasteiger partial charge in [0.05, 0.1) is 6.61 Å². The maximum Gasteiger partial charge on any atom is 0.318 e. The first kappa shape index (κ1) is 16.0. The number of piperidine rings is 1. The lowest BCUT2D eigenvalue weighted by atomic mass is 9.86. The van der Waals surface area contributed by atoms with E-state index in [9.17, 15) is 9.59 Å². The number of carbonyl (C=O) groups is 2. The Kier molecular flexibility index (Phi) is 5.79. The van der Waals surface area contributed by atoms with E-state index in [1.165, 1.54) is 5.56 Å². The molecule has 1 heterocycles. The summed E-state index contributed by atoms with van der Waals surface area (Å²) < 4.78 is 6.04. The Bertz CT molecular complexity index is 501. The van der Waals surface area contributed by atoms with Gasteiger partial charge in [0.25, 0.3) is 0 Å². The predicted octanol–water partition coefficient (Wildman–Crippen LogP) is 2.70. The molecule has 5 heteroatoms. The van der Waals surface area contributed by atoms with Crippen molar-refractivity contribution in [2.75, 3.05) is 13.2 Å². The van der Waals surface area contributed by atoms with Gasteiger partial charge in [-0.3, -0.25) is 9.59 Å². The number of amides is 1. The number of halogens is 1. The summed E-state index contributed by atoms with van der Waals surface area (Å²) in [6.45, 7) is 2.71. The zero-order chi connectivity index (χ0) is 15.2. The molecule has 1 aromatic rings. The van der Waals surface area contributed by atoms with Crippen LogP contribution in [0.15, 0.2) is 28.7 Å². The first-order chi connectivity index (χ1) is 10.1. The molecule has 21 heavy (non-hydrogen) atoms. The van der Waals surface area contributed by atoms with Crippen LogP contribution < -0.4 is 5.32 Å². The second-order valence-corrected chi connectivity index (χ2v) is 6.23. The van der Waals surface area contributed by atoms with E-state index in [0.717, 1.165) is 17.3 Å². The number of benzene rings is 1. The fourth-order valence-electron chi connectivity index (χ4n) is 2.58. The van der Waals surface area contributed by atoms with E-state index in [1.54, 1.807) is 6.92 Å². The van der Waals surface area contributed by atoms with Crippen LogP contribution in [0.3, 0.4) is 0 Å². The monoisotopic (exact) mass is 353 g/mol. The lowest BCUT2D eigenvalue weighted by molar-refractivity contribution is -0.154. The molecule has 0 saturated carbocycles. The van der Waals surface area contributed by atoms with Gasteiger partial charge in [-0.25, -0.2) is 0 Å². The number of hydrogen-bond donors (Lipinski definition) is 1. The van der Waals surface area contributed by atoms with Gasteiger partial charge in [0, 0.05) is 11.0 Å². The first-order valence-corrected chi connectivity index (χ1v) is 8.08. The fourth-order valence-corrected chi connectivity index (χ4v) is 2.84. The molecule has 114 valence electrons. The molecule has 1 unspecified atom stereocenters. The van der Waals surface area contributed by atoms with Gasteiger partial charge in [0.15, 0.2) is 0 Å². The summed E-state index contributed by atoms with van der Waals surface area (Å²) in [5, 5.41) is 2.82. The highest BCUT2D eigenvalue weighted by atomic mass is 79.9. The summed E-state index contributed by atoms with van der Waals surface area (Å²) >= 11 is 3.42. The van der Waals surface area contributed by atoms with E-state index >= 15 is 0 Å². The Labute approximate surface area is 133 Å². The molecule has 0 spiro atoms. The summed E-state index contributed by atoms with van der Waals surface area (Å²) in [7, 11) is 0. The number of ether oxygens (including phenoxy) is 1. The van der Waals surface area contributed by atoms with E-state index < -0.39 is 11.9 Å².